The van der Waals surface area contributed by atoms with Gasteiger partial charge in [-0.05, 0) is 23.6 Å². The minimum atomic E-state index is -0.352. The van der Waals surface area contributed by atoms with Crippen molar-refractivity contribution in [3.63, 3.8) is 0 Å². The van der Waals surface area contributed by atoms with Crippen LogP contribution in [-0.4, -0.2) is 18.5 Å². The molecule has 0 saturated carbocycles. The lowest BCUT2D eigenvalue weighted by Crippen LogP contribution is -2.41. The number of hydrogen-bond acceptors (Lipinski definition) is 3. The zero-order chi connectivity index (χ0) is 13.8. The van der Waals surface area contributed by atoms with Crippen molar-refractivity contribution in [3.05, 3.63) is 29.8 Å². The van der Waals surface area contributed by atoms with Crippen LogP contribution in [0.5, 0.6) is 0 Å². The lowest BCUT2D eigenvalue weighted by molar-refractivity contribution is -0.118. The molecule has 3 amide bonds. The van der Waals surface area contributed by atoms with E-state index in [0.717, 1.165) is 12.0 Å². The fraction of sp³-hybridized carbons (Fsp3) is 0.429. The van der Waals surface area contributed by atoms with Gasteiger partial charge in [0.05, 0.1) is 5.69 Å². The van der Waals surface area contributed by atoms with Crippen molar-refractivity contribution in [2.45, 2.75) is 26.3 Å². The van der Waals surface area contributed by atoms with E-state index in [-0.39, 0.29) is 17.9 Å². The summed E-state index contributed by atoms with van der Waals surface area (Å²) >= 11 is 0. The monoisotopic (exact) mass is 261 g/mol. The molecule has 1 aliphatic rings. The summed E-state index contributed by atoms with van der Waals surface area (Å²) in [5, 5.41) is 2.80. The van der Waals surface area contributed by atoms with Crippen LogP contribution in [0, 0.1) is 5.92 Å². The fourth-order valence-electron chi connectivity index (χ4n) is 2.21. The minimum Gasteiger partial charge on any atom is -0.337 e. The quantitative estimate of drug-likeness (QED) is 0.868. The molecule has 1 unspecified atom stereocenters. The van der Waals surface area contributed by atoms with E-state index in [4.69, 9.17) is 5.73 Å². The van der Waals surface area contributed by atoms with Gasteiger partial charge >= 0.3 is 6.03 Å². The lowest BCUT2D eigenvalue weighted by atomic mass is 10.0. The van der Waals surface area contributed by atoms with Gasteiger partial charge < -0.3 is 11.1 Å². The smallest absolute Gasteiger partial charge is 0.328 e. The van der Waals surface area contributed by atoms with Gasteiger partial charge in [-0.1, -0.05) is 25.5 Å². The highest BCUT2D eigenvalue weighted by molar-refractivity contribution is 6.14. The van der Waals surface area contributed by atoms with Crippen LogP contribution in [0.1, 0.15) is 25.3 Å². The van der Waals surface area contributed by atoms with E-state index in [9.17, 15) is 9.59 Å². The van der Waals surface area contributed by atoms with Crippen LogP contribution in [0.25, 0.3) is 0 Å². The molecule has 0 bridgehead atoms. The predicted octanol–water partition coefficient (Wildman–Crippen LogP) is 1.62. The third-order valence-corrected chi connectivity index (χ3v) is 3.44. The topological polar surface area (TPSA) is 75.4 Å². The van der Waals surface area contributed by atoms with Crippen LogP contribution >= 0.6 is 0 Å². The molecular formula is C14H19N3O2. The Bertz CT molecular complexity index is 487. The van der Waals surface area contributed by atoms with Crippen molar-refractivity contribution in [3.8, 4) is 0 Å². The first-order valence-electron chi connectivity index (χ1n) is 6.55. The first-order valence-corrected chi connectivity index (χ1v) is 6.55. The van der Waals surface area contributed by atoms with Crippen molar-refractivity contribution < 1.29 is 9.59 Å². The van der Waals surface area contributed by atoms with E-state index in [1.165, 1.54) is 4.90 Å². The van der Waals surface area contributed by atoms with Crippen LogP contribution in [0.3, 0.4) is 0 Å². The van der Waals surface area contributed by atoms with E-state index < -0.39 is 0 Å². The molecule has 0 radical (unpaired) electrons. The molecule has 1 fully saturated rings. The molecule has 1 aromatic rings. The van der Waals surface area contributed by atoms with Gasteiger partial charge in [0.1, 0.15) is 0 Å². The zero-order valence-electron chi connectivity index (χ0n) is 11.1. The van der Waals surface area contributed by atoms with Gasteiger partial charge in [0.25, 0.3) is 0 Å². The Morgan fingerprint density at radius 2 is 2.21 bits per heavy atom. The molecule has 2 rings (SSSR count). The molecule has 1 aromatic carbocycles. The Hall–Kier alpha value is -1.88. The predicted molar refractivity (Wildman–Crippen MR) is 73.6 cm³/mol. The van der Waals surface area contributed by atoms with Gasteiger partial charge in [0, 0.05) is 19.5 Å². The molecule has 1 saturated heterocycles. The molecule has 19 heavy (non-hydrogen) atoms. The Labute approximate surface area is 112 Å². The molecule has 1 atom stereocenters. The second kappa shape index (κ2) is 5.84. The van der Waals surface area contributed by atoms with Crippen molar-refractivity contribution in [1.29, 1.82) is 0 Å². The van der Waals surface area contributed by atoms with Gasteiger partial charge in [-0.15, -0.1) is 0 Å². The van der Waals surface area contributed by atoms with Crippen molar-refractivity contribution in [1.82, 2.24) is 5.32 Å². The van der Waals surface area contributed by atoms with E-state index in [0.29, 0.717) is 25.2 Å². The molecule has 5 heteroatoms. The number of nitrogens with one attached hydrogen (secondary N) is 1. The summed E-state index contributed by atoms with van der Waals surface area (Å²) in [5.74, 6) is 0.0511. The number of urea groups is 1. The number of benzene rings is 1. The number of rotatable bonds is 3. The average Bonchev–Trinajstić information content (AvgIpc) is 2.57. The summed E-state index contributed by atoms with van der Waals surface area (Å²) in [5.41, 5.74) is 7.07. The molecule has 0 aliphatic carbocycles. The highest BCUT2D eigenvalue weighted by Crippen LogP contribution is 2.21. The third kappa shape index (κ3) is 2.93. The minimum absolute atomic E-state index is 0.156. The van der Waals surface area contributed by atoms with Gasteiger partial charge in [-0.3, -0.25) is 4.79 Å². The first-order chi connectivity index (χ1) is 9.15. The van der Waals surface area contributed by atoms with Crippen molar-refractivity contribution in [2.75, 3.05) is 11.4 Å². The van der Waals surface area contributed by atoms with Gasteiger partial charge in [0.15, 0.2) is 0 Å². The Morgan fingerprint density at radius 3 is 2.89 bits per heavy atom. The molecule has 1 heterocycles. The van der Waals surface area contributed by atoms with Gasteiger partial charge in [0.2, 0.25) is 5.91 Å². The molecule has 1 aliphatic heterocycles. The van der Waals surface area contributed by atoms with E-state index in [1.807, 2.05) is 13.0 Å². The first kappa shape index (κ1) is 13.5. The van der Waals surface area contributed by atoms with Crippen LogP contribution in [0.2, 0.25) is 0 Å². The highest BCUT2D eigenvalue weighted by Gasteiger charge is 2.29. The average molecular weight is 261 g/mol. The number of carbonyl (C=O) groups is 2. The van der Waals surface area contributed by atoms with E-state index in [1.54, 1.807) is 18.2 Å². The van der Waals surface area contributed by atoms with Gasteiger partial charge in [-0.2, -0.15) is 0 Å². The molecule has 102 valence electrons. The number of carbonyl (C=O) groups excluding carboxylic acids is 2. The summed E-state index contributed by atoms with van der Waals surface area (Å²) in [6.45, 7) is 2.96. The lowest BCUT2D eigenvalue weighted by Gasteiger charge is -2.19. The Balaban J connectivity index is 2.30. The maximum absolute atomic E-state index is 12.2. The maximum atomic E-state index is 12.2. The van der Waals surface area contributed by atoms with Crippen molar-refractivity contribution in [2.24, 2.45) is 11.7 Å². The Kier molecular flexibility index (Phi) is 4.16. The van der Waals surface area contributed by atoms with Crippen LogP contribution in [0.15, 0.2) is 24.3 Å². The Morgan fingerprint density at radius 1 is 1.42 bits per heavy atom. The SMILES string of the molecule is CCC1CNC(=O)N(c2cccc(CN)c2)C(=O)C1. The zero-order valence-corrected chi connectivity index (χ0v) is 11.1. The molecule has 3 N–H and O–H groups in total. The van der Waals surface area contributed by atoms with Crippen LogP contribution in [0.4, 0.5) is 10.5 Å². The van der Waals surface area contributed by atoms with E-state index in [2.05, 4.69) is 5.32 Å². The maximum Gasteiger partial charge on any atom is 0.328 e. The fourth-order valence-corrected chi connectivity index (χ4v) is 2.21. The van der Waals surface area contributed by atoms with Crippen molar-refractivity contribution >= 4 is 17.6 Å². The second-order valence-electron chi connectivity index (χ2n) is 4.77. The summed E-state index contributed by atoms with van der Waals surface area (Å²) in [4.78, 5) is 25.5. The van der Waals surface area contributed by atoms with E-state index >= 15 is 0 Å². The standard InChI is InChI=1S/C14H19N3O2/c1-2-10-7-13(18)17(14(19)16-9-10)12-5-3-4-11(6-12)8-15/h3-6,10H,2,7-9,15H2,1H3,(H,16,19). The molecule has 0 spiro atoms. The summed E-state index contributed by atoms with van der Waals surface area (Å²) in [6.07, 6.45) is 1.27. The summed E-state index contributed by atoms with van der Waals surface area (Å²) in [6, 6.07) is 6.86. The number of nitrogens with two attached hydrogens (primary N) is 1. The number of amides is 3. The largest absolute Gasteiger partial charge is 0.337 e. The summed E-state index contributed by atoms with van der Waals surface area (Å²) in [7, 11) is 0. The molecule has 5 nitrogen and oxygen atoms in total. The van der Waals surface area contributed by atoms with Crippen LogP contribution in [-0.2, 0) is 11.3 Å². The van der Waals surface area contributed by atoms with Crippen LogP contribution < -0.4 is 16.0 Å². The molecule has 0 aromatic heterocycles. The second-order valence-corrected chi connectivity index (χ2v) is 4.77. The number of anilines is 1. The number of hydrogen-bond donors (Lipinski definition) is 2. The summed E-state index contributed by atoms with van der Waals surface area (Å²) < 4.78 is 0. The number of nitrogens with zero attached hydrogens (tertiary/aromatic N) is 1. The van der Waals surface area contributed by atoms with Gasteiger partial charge in [-0.25, -0.2) is 9.69 Å². The highest BCUT2D eigenvalue weighted by atomic mass is 16.2. The normalized spacial score (nSPS) is 20.1. The number of imide groups is 1. The molecular weight excluding hydrogens is 242 g/mol. The third-order valence-electron chi connectivity index (χ3n) is 3.44.